The maximum absolute atomic E-state index is 12.9. The zero-order valence-corrected chi connectivity index (χ0v) is 18.4. The number of rotatable bonds is 4. The first-order valence-corrected chi connectivity index (χ1v) is 11.5. The average molecular weight is 434 g/mol. The Bertz CT molecular complexity index is 1060. The van der Waals surface area contributed by atoms with Gasteiger partial charge in [-0.2, -0.15) is 9.57 Å². The molecule has 2 aromatic rings. The zero-order chi connectivity index (χ0) is 21.3. The number of amides is 1. The highest BCUT2D eigenvalue weighted by atomic mass is 32.2. The van der Waals surface area contributed by atoms with Crippen LogP contribution in [0.4, 0.5) is 5.00 Å². The number of ether oxygens (including phenoxy) is 1. The van der Waals surface area contributed by atoms with E-state index in [0.29, 0.717) is 29.2 Å². The fourth-order valence-electron chi connectivity index (χ4n) is 3.28. The van der Waals surface area contributed by atoms with Gasteiger partial charge in [-0.25, -0.2) is 8.42 Å². The molecule has 1 N–H and O–H groups in total. The molecule has 1 aromatic carbocycles. The first-order valence-electron chi connectivity index (χ1n) is 9.20. The third-order valence-corrected chi connectivity index (χ3v) is 7.83. The third kappa shape index (κ3) is 4.36. The maximum atomic E-state index is 12.9. The number of hydrogen-bond donors (Lipinski definition) is 1. The molecule has 1 saturated heterocycles. The van der Waals surface area contributed by atoms with Crippen LogP contribution in [0, 0.1) is 25.2 Å². The summed E-state index contributed by atoms with van der Waals surface area (Å²) >= 11 is 1.35. The van der Waals surface area contributed by atoms with Crippen molar-refractivity contribution >= 4 is 32.3 Å². The van der Waals surface area contributed by atoms with Crippen molar-refractivity contribution in [2.24, 2.45) is 0 Å². The minimum absolute atomic E-state index is 0.135. The van der Waals surface area contributed by atoms with Crippen LogP contribution in [0.2, 0.25) is 0 Å². The Hall–Kier alpha value is -2.25. The molecule has 1 aliphatic heterocycles. The van der Waals surface area contributed by atoms with E-state index in [-0.39, 0.29) is 23.0 Å². The summed E-state index contributed by atoms with van der Waals surface area (Å²) in [6.45, 7) is 8.01. The Morgan fingerprint density at radius 3 is 2.34 bits per heavy atom. The van der Waals surface area contributed by atoms with Crippen molar-refractivity contribution in [3.8, 4) is 6.07 Å². The van der Waals surface area contributed by atoms with Crippen LogP contribution in [0.5, 0.6) is 0 Å². The van der Waals surface area contributed by atoms with E-state index in [2.05, 4.69) is 11.4 Å². The molecule has 1 fully saturated rings. The molecule has 2 atom stereocenters. The van der Waals surface area contributed by atoms with Crippen LogP contribution in [-0.2, 0) is 14.8 Å². The van der Waals surface area contributed by atoms with E-state index in [1.807, 2.05) is 27.7 Å². The highest BCUT2D eigenvalue weighted by Crippen LogP contribution is 2.32. The van der Waals surface area contributed by atoms with Crippen LogP contribution in [-0.4, -0.2) is 43.9 Å². The van der Waals surface area contributed by atoms with Gasteiger partial charge < -0.3 is 10.1 Å². The second kappa shape index (κ2) is 8.24. The number of anilines is 1. The molecule has 0 radical (unpaired) electrons. The number of thiophene rings is 1. The molecule has 9 heteroatoms. The molecule has 2 unspecified atom stereocenters. The van der Waals surface area contributed by atoms with Gasteiger partial charge in [0.15, 0.2) is 0 Å². The highest BCUT2D eigenvalue weighted by Gasteiger charge is 2.32. The van der Waals surface area contributed by atoms with Gasteiger partial charge in [-0.15, -0.1) is 11.3 Å². The normalized spacial score (nSPS) is 20.2. The Labute approximate surface area is 175 Å². The number of benzene rings is 1. The summed E-state index contributed by atoms with van der Waals surface area (Å²) in [6, 6.07) is 7.95. The van der Waals surface area contributed by atoms with E-state index in [4.69, 9.17) is 4.74 Å². The number of nitrogens with zero attached hydrogens (tertiary/aromatic N) is 2. The van der Waals surface area contributed by atoms with Gasteiger partial charge >= 0.3 is 0 Å². The van der Waals surface area contributed by atoms with Crippen molar-refractivity contribution in [3.05, 3.63) is 45.8 Å². The summed E-state index contributed by atoms with van der Waals surface area (Å²) in [5, 5.41) is 12.6. The van der Waals surface area contributed by atoms with Gasteiger partial charge in [0.1, 0.15) is 11.1 Å². The molecular formula is C20H23N3O4S2. The molecule has 7 nitrogen and oxygen atoms in total. The number of carbonyl (C=O) groups excluding carboxylic acids is 1. The van der Waals surface area contributed by atoms with E-state index in [1.165, 1.54) is 39.9 Å². The van der Waals surface area contributed by atoms with Crippen molar-refractivity contribution < 1.29 is 17.9 Å². The van der Waals surface area contributed by atoms with Crippen molar-refractivity contribution in [1.29, 1.82) is 5.26 Å². The summed E-state index contributed by atoms with van der Waals surface area (Å²) in [5.41, 5.74) is 1.62. The Kier molecular flexibility index (Phi) is 6.10. The van der Waals surface area contributed by atoms with E-state index in [9.17, 15) is 18.5 Å². The Balaban J connectivity index is 1.79. The van der Waals surface area contributed by atoms with Crippen molar-refractivity contribution in [1.82, 2.24) is 4.31 Å². The fraction of sp³-hybridized carbons (Fsp3) is 0.400. The summed E-state index contributed by atoms with van der Waals surface area (Å²) in [6.07, 6.45) is -0.351. The molecule has 0 bridgehead atoms. The first-order chi connectivity index (χ1) is 13.6. The lowest BCUT2D eigenvalue weighted by molar-refractivity contribution is -0.0440. The van der Waals surface area contributed by atoms with Crippen LogP contribution >= 0.6 is 11.3 Å². The first kappa shape index (κ1) is 21.5. The van der Waals surface area contributed by atoms with Crippen LogP contribution < -0.4 is 5.32 Å². The Morgan fingerprint density at radius 1 is 1.21 bits per heavy atom. The number of nitriles is 1. The van der Waals surface area contributed by atoms with E-state index >= 15 is 0 Å². The largest absolute Gasteiger partial charge is 0.373 e. The SMILES string of the molecule is Cc1sc(NC(=O)c2ccc(S(=O)(=O)N3CC(C)OC(C)C3)cc2)c(C#N)c1C. The molecule has 2 heterocycles. The molecule has 1 aliphatic rings. The molecule has 1 amide bonds. The van der Waals surface area contributed by atoms with E-state index < -0.39 is 10.0 Å². The smallest absolute Gasteiger partial charge is 0.256 e. The number of hydrogen-bond acceptors (Lipinski definition) is 6. The number of morpholine rings is 1. The monoisotopic (exact) mass is 433 g/mol. The number of sulfonamides is 1. The lowest BCUT2D eigenvalue weighted by Gasteiger charge is -2.34. The van der Waals surface area contributed by atoms with Crippen LogP contribution in [0.1, 0.15) is 40.2 Å². The van der Waals surface area contributed by atoms with Crippen molar-refractivity contribution in [2.75, 3.05) is 18.4 Å². The van der Waals surface area contributed by atoms with Gasteiger partial charge in [0.25, 0.3) is 5.91 Å². The predicted molar refractivity (Wildman–Crippen MR) is 112 cm³/mol. The molecule has 3 rings (SSSR count). The van der Waals surface area contributed by atoms with E-state index in [1.54, 1.807) is 0 Å². The molecule has 0 spiro atoms. The van der Waals surface area contributed by atoms with Crippen LogP contribution in [0.15, 0.2) is 29.2 Å². The topological polar surface area (TPSA) is 99.5 Å². The van der Waals surface area contributed by atoms with Gasteiger partial charge in [0.05, 0.1) is 22.7 Å². The molecule has 154 valence electrons. The summed E-state index contributed by atoms with van der Waals surface area (Å²) in [4.78, 5) is 13.7. The average Bonchev–Trinajstić information content (AvgIpc) is 2.93. The van der Waals surface area contributed by atoms with Crippen LogP contribution in [0.25, 0.3) is 0 Å². The lowest BCUT2D eigenvalue weighted by Crippen LogP contribution is -2.48. The lowest BCUT2D eigenvalue weighted by atomic mass is 10.2. The summed E-state index contributed by atoms with van der Waals surface area (Å²) in [7, 11) is -3.66. The molecule has 29 heavy (non-hydrogen) atoms. The van der Waals surface area contributed by atoms with Gasteiger partial charge in [-0.05, 0) is 57.5 Å². The number of nitrogens with one attached hydrogen (secondary N) is 1. The second-order valence-corrected chi connectivity index (χ2v) is 10.3. The fourth-order valence-corrected chi connectivity index (χ4v) is 5.88. The third-order valence-electron chi connectivity index (χ3n) is 4.86. The van der Waals surface area contributed by atoms with Crippen molar-refractivity contribution in [3.63, 3.8) is 0 Å². The maximum Gasteiger partial charge on any atom is 0.256 e. The minimum atomic E-state index is -3.66. The Morgan fingerprint density at radius 2 is 1.79 bits per heavy atom. The van der Waals surface area contributed by atoms with Gasteiger partial charge in [-0.3, -0.25) is 4.79 Å². The van der Waals surface area contributed by atoms with Crippen molar-refractivity contribution in [2.45, 2.75) is 44.8 Å². The molecule has 0 saturated carbocycles. The molecule has 0 aliphatic carbocycles. The minimum Gasteiger partial charge on any atom is -0.373 e. The van der Waals surface area contributed by atoms with Gasteiger partial charge in [0, 0.05) is 23.5 Å². The van der Waals surface area contributed by atoms with Crippen LogP contribution in [0.3, 0.4) is 0 Å². The number of carbonyl (C=O) groups is 1. The standard InChI is InChI=1S/C20H23N3O4S2/c1-12-10-23(11-13(2)27-12)29(25,26)17-7-5-16(6-8-17)19(24)22-20-18(9-21)14(3)15(4)28-20/h5-8,12-13H,10-11H2,1-4H3,(H,22,24). The quantitative estimate of drug-likeness (QED) is 0.798. The molecule has 1 aromatic heterocycles. The second-order valence-electron chi connectivity index (χ2n) is 7.16. The zero-order valence-electron chi connectivity index (χ0n) is 16.7. The van der Waals surface area contributed by atoms with E-state index in [0.717, 1.165) is 10.4 Å². The molecular weight excluding hydrogens is 410 g/mol. The van der Waals surface area contributed by atoms with Gasteiger partial charge in [0.2, 0.25) is 10.0 Å². The number of aryl methyl sites for hydroxylation is 1. The van der Waals surface area contributed by atoms with Gasteiger partial charge in [-0.1, -0.05) is 0 Å². The predicted octanol–water partition coefficient (Wildman–Crippen LogP) is 3.29. The summed E-state index contributed by atoms with van der Waals surface area (Å²) < 4.78 is 32.8. The highest BCUT2D eigenvalue weighted by molar-refractivity contribution is 7.89. The summed E-state index contributed by atoms with van der Waals surface area (Å²) in [5.74, 6) is -0.389.